The molecule has 306 valence electrons. The molecule has 7 atom stereocenters. The van der Waals surface area contributed by atoms with Crippen LogP contribution in [0, 0.1) is 11.3 Å². The fraction of sp³-hybridized carbons (Fsp3) is 0.692. The highest BCUT2D eigenvalue weighted by atomic mass is 32.2. The van der Waals surface area contributed by atoms with Gasteiger partial charge in [-0.3, -0.25) is 28.1 Å². The van der Waals surface area contributed by atoms with Gasteiger partial charge in [-0.05, 0) is 5.92 Å². The van der Waals surface area contributed by atoms with Crippen LogP contribution in [0.3, 0.4) is 0 Å². The molecule has 2 aromatic heterocycles. The van der Waals surface area contributed by atoms with Crippen molar-refractivity contribution >= 4 is 69.1 Å². The Kier molecular flexibility index (Phi) is 16.3. The highest BCUT2D eigenvalue weighted by Crippen LogP contribution is 2.56. The van der Waals surface area contributed by atoms with Crippen molar-refractivity contribution in [2.24, 2.45) is 11.3 Å². The van der Waals surface area contributed by atoms with Gasteiger partial charge >= 0.3 is 0 Å². The summed E-state index contributed by atoms with van der Waals surface area (Å²) in [5.41, 5.74) is 4.07. The van der Waals surface area contributed by atoms with Gasteiger partial charge in [0.2, 0.25) is 11.8 Å². The van der Waals surface area contributed by atoms with Crippen molar-refractivity contribution in [2.75, 3.05) is 37.8 Å². The number of hydrogen-bond acceptors (Lipinski definition) is 22. The number of phosphoric ester groups is 3. The number of amides is 2. The zero-order valence-corrected chi connectivity index (χ0v) is 32.7. The lowest BCUT2D eigenvalue weighted by Gasteiger charge is -2.36. The maximum Gasteiger partial charge on any atom is 0.274 e. The molecule has 1 aliphatic rings. The van der Waals surface area contributed by atoms with Crippen LogP contribution in [-0.4, -0.2) is 103 Å². The molecule has 6 N–H and O–H groups in total. The van der Waals surface area contributed by atoms with Crippen LogP contribution < -0.4 is 35.9 Å². The van der Waals surface area contributed by atoms with Gasteiger partial charge in [-0.1, -0.05) is 39.5 Å². The number of rotatable bonds is 21. The Morgan fingerprint density at radius 1 is 1.07 bits per heavy atom. The first kappa shape index (κ1) is 45.9. The van der Waals surface area contributed by atoms with Crippen molar-refractivity contribution in [3.63, 3.8) is 0 Å². The number of carbonyl (C=O) groups excluding carboxylic acids is 3. The lowest BCUT2D eigenvalue weighted by molar-refractivity contribution is -0.347. The van der Waals surface area contributed by atoms with E-state index in [0.717, 1.165) is 29.0 Å². The molecular weight excluding hydrogens is 807 g/mol. The molecule has 2 unspecified atom stereocenters. The van der Waals surface area contributed by atoms with Gasteiger partial charge in [-0.25, -0.2) is 19.3 Å². The number of aromatic nitrogens is 4. The molecule has 2 aromatic rings. The van der Waals surface area contributed by atoms with E-state index in [4.69, 9.17) is 10.5 Å². The maximum atomic E-state index is 12.5. The van der Waals surface area contributed by atoms with E-state index in [9.17, 15) is 57.9 Å². The minimum absolute atomic E-state index is 0.000112. The Hall–Kier alpha value is -2.44. The summed E-state index contributed by atoms with van der Waals surface area (Å²) in [6.45, 7) is 3.95. The maximum absolute atomic E-state index is 12.5. The van der Waals surface area contributed by atoms with Gasteiger partial charge in [0.1, 0.15) is 36.3 Å². The molecule has 24 nitrogen and oxygen atoms in total. The third kappa shape index (κ3) is 13.9. The number of nitrogen functional groups attached to an aromatic ring is 1. The molecular formula is C26H40N7O17P3S-4. The van der Waals surface area contributed by atoms with Gasteiger partial charge in [0.05, 0.1) is 27.4 Å². The largest absolute Gasteiger partial charge is 0.790 e. The molecule has 0 spiro atoms. The molecule has 0 radical (unpaired) electrons. The molecule has 28 heteroatoms. The first-order chi connectivity index (χ1) is 24.9. The number of anilines is 1. The van der Waals surface area contributed by atoms with E-state index < -0.39 is 84.6 Å². The number of nitrogens with zero attached hydrogens (tertiary/aromatic N) is 4. The average molecular weight is 848 g/mol. The van der Waals surface area contributed by atoms with Crippen LogP contribution in [0.1, 0.15) is 46.8 Å². The summed E-state index contributed by atoms with van der Waals surface area (Å²) in [5, 5.41) is 26.1. The van der Waals surface area contributed by atoms with E-state index in [1.165, 1.54) is 13.8 Å². The molecule has 1 fully saturated rings. The molecule has 0 saturated carbocycles. The van der Waals surface area contributed by atoms with Gasteiger partial charge < -0.3 is 69.0 Å². The van der Waals surface area contributed by atoms with Crippen LogP contribution in [0.25, 0.3) is 11.2 Å². The summed E-state index contributed by atoms with van der Waals surface area (Å²) in [4.78, 5) is 95.5. The fourth-order valence-electron chi connectivity index (χ4n) is 4.66. The minimum Gasteiger partial charge on any atom is -0.790 e. The second-order valence-electron chi connectivity index (χ2n) is 12.8. The van der Waals surface area contributed by atoms with Crippen molar-refractivity contribution in [1.82, 2.24) is 30.2 Å². The third-order valence-electron chi connectivity index (χ3n) is 7.32. The molecule has 1 aliphatic heterocycles. The number of aliphatic hydroxyl groups excluding tert-OH is 2. The molecule has 1 saturated heterocycles. The van der Waals surface area contributed by atoms with Gasteiger partial charge in [-0.15, -0.1) is 0 Å². The second-order valence-corrected chi connectivity index (χ2v) is 18.0. The van der Waals surface area contributed by atoms with E-state index in [2.05, 4.69) is 43.5 Å². The van der Waals surface area contributed by atoms with E-state index in [1.54, 1.807) is 0 Å². The number of nitrogens with two attached hydrogens (primary N) is 1. The predicted octanol–water partition coefficient (Wildman–Crippen LogP) is -2.82. The van der Waals surface area contributed by atoms with Gasteiger partial charge in [0.25, 0.3) is 15.6 Å². The zero-order valence-electron chi connectivity index (χ0n) is 29.2. The third-order valence-corrected chi connectivity index (χ3v) is 11.2. The molecule has 3 rings (SSSR count). The van der Waals surface area contributed by atoms with Crippen molar-refractivity contribution in [3.05, 3.63) is 12.7 Å². The number of thioether (sulfide) groups is 1. The minimum atomic E-state index is -5.91. The lowest BCUT2D eigenvalue weighted by Crippen LogP contribution is -2.46. The monoisotopic (exact) mass is 847 g/mol. The molecule has 54 heavy (non-hydrogen) atoms. The summed E-state index contributed by atoms with van der Waals surface area (Å²) < 4.78 is 60.4. The highest BCUT2D eigenvalue weighted by molar-refractivity contribution is 8.13. The topological polar surface area (TPSA) is 375 Å². The highest BCUT2D eigenvalue weighted by Gasteiger charge is 2.47. The Bertz CT molecular complexity index is 1780. The second kappa shape index (κ2) is 19.1. The predicted molar refractivity (Wildman–Crippen MR) is 178 cm³/mol. The van der Waals surface area contributed by atoms with Crippen LogP contribution in [0.5, 0.6) is 0 Å². The number of ether oxygens (including phenoxy) is 1. The summed E-state index contributed by atoms with van der Waals surface area (Å²) in [5.74, 6) is -0.962. The number of carbonyl (C=O) groups is 3. The zero-order chi connectivity index (χ0) is 40.6. The summed E-state index contributed by atoms with van der Waals surface area (Å²) in [6.07, 6.45) is -7.15. The van der Waals surface area contributed by atoms with Crippen molar-refractivity contribution in [3.8, 4) is 0 Å². The Labute approximate surface area is 312 Å². The van der Waals surface area contributed by atoms with Gasteiger partial charge in [-0.2, -0.15) is 0 Å². The number of aliphatic hydroxyl groups is 2. The van der Waals surface area contributed by atoms with Gasteiger partial charge in [0.15, 0.2) is 22.8 Å². The Morgan fingerprint density at radius 3 is 2.39 bits per heavy atom. The summed E-state index contributed by atoms with van der Waals surface area (Å²) in [7, 11) is -17.6. The van der Waals surface area contributed by atoms with Crippen molar-refractivity contribution < 1.29 is 80.5 Å². The Morgan fingerprint density at radius 2 is 1.74 bits per heavy atom. The number of hydrogen-bond donors (Lipinski definition) is 5. The number of fused-ring (bicyclic) bond motifs is 1. The van der Waals surface area contributed by atoms with E-state index in [1.807, 2.05) is 13.8 Å². The van der Waals surface area contributed by atoms with Crippen molar-refractivity contribution in [2.45, 2.75) is 71.2 Å². The quantitative estimate of drug-likeness (QED) is 0.0625. The van der Waals surface area contributed by atoms with Crippen LogP contribution in [0.4, 0.5) is 5.82 Å². The van der Waals surface area contributed by atoms with Crippen LogP contribution in [-0.2, 0) is 50.7 Å². The van der Waals surface area contributed by atoms with Crippen LogP contribution >= 0.6 is 35.2 Å². The lowest BCUT2D eigenvalue weighted by atomic mass is 9.87. The number of imidazole rings is 1. The average Bonchev–Trinajstić information content (AvgIpc) is 3.60. The van der Waals surface area contributed by atoms with E-state index >= 15 is 0 Å². The Balaban J connectivity index is 1.51. The van der Waals surface area contributed by atoms with E-state index in [-0.39, 0.29) is 47.5 Å². The normalized spacial score (nSPS) is 22.1. The van der Waals surface area contributed by atoms with Crippen molar-refractivity contribution in [1.29, 1.82) is 0 Å². The molecule has 2 amide bonds. The fourth-order valence-corrected chi connectivity index (χ4v) is 8.28. The van der Waals surface area contributed by atoms with Gasteiger partial charge in [0, 0.05) is 37.1 Å². The first-order valence-corrected chi connectivity index (χ1v) is 21.3. The smallest absolute Gasteiger partial charge is 0.274 e. The van der Waals surface area contributed by atoms with Crippen LogP contribution in [0.15, 0.2) is 12.7 Å². The summed E-state index contributed by atoms with van der Waals surface area (Å²) in [6, 6.07) is 0. The van der Waals surface area contributed by atoms with E-state index in [0.29, 0.717) is 12.2 Å². The molecule has 0 bridgehead atoms. The SMILES string of the molecule is CC(C)CC(=O)SCCNC(=O)CCNC(=O)[C@H](O)C(C)(C)COP(=O)([O-])OP(=O)([O-])OC[C@H]1O[C@@H](n2cnc3c(N)ncnc32)[C@H](O)[C@@H]1OP(=O)([O-])[O-]. The first-order valence-electron chi connectivity index (χ1n) is 15.9. The molecule has 3 heterocycles. The molecule has 0 aliphatic carbocycles. The molecule has 0 aromatic carbocycles. The number of phosphoric acid groups is 3. The number of nitrogens with one attached hydrogen (secondary N) is 2. The standard InChI is InChI=1S/C26H44N7O17P3S/c1-14(2)9-17(35)54-8-7-28-16(34)5-6-29-24(38)21(37)26(3,4)11-47-53(44,45)50-52(42,43)46-10-15-20(49-51(39,40)41)19(36)25(48-15)33-13-32-18-22(27)30-12-31-23(18)33/h12-15,19-21,25,36-37H,5-11H2,1-4H3,(H,28,34)(H,29,38)(H,42,43)(H,44,45)(H2,27,30,31)(H2,39,40,41)/p-4/t15-,19-,20-,21+,25-/m1/s1. The summed E-state index contributed by atoms with van der Waals surface area (Å²) >= 11 is 1.09. The van der Waals surface area contributed by atoms with Crippen LogP contribution in [0.2, 0.25) is 0 Å².